The first-order chi connectivity index (χ1) is 28.7. The summed E-state index contributed by atoms with van der Waals surface area (Å²) in [6, 6.07) is 80.7. The maximum absolute atomic E-state index is 6.44. The number of furan rings is 1. The molecule has 0 saturated heterocycles. The van der Waals surface area contributed by atoms with Crippen molar-refractivity contribution in [1.29, 1.82) is 0 Å². The minimum Gasteiger partial charge on any atom is -0.455 e. The molecule has 0 aliphatic heterocycles. The van der Waals surface area contributed by atoms with Gasteiger partial charge in [0, 0.05) is 33.3 Å². The Bertz CT molecular complexity index is 3280. The fraction of sp³-hybridized carbons (Fsp3) is 0. The van der Waals surface area contributed by atoms with Crippen LogP contribution in [0.5, 0.6) is 0 Å². The minimum absolute atomic E-state index is 0.904. The predicted molar refractivity (Wildman–Crippen MR) is 245 cm³/mol. The molecule has 10 aromatic carbocycles. The molecule has 0 aliphatic rings. The van der Waals surface area contributed by atoms with Crippen LogP contribution >= 0.6 is 0 Å². The van der Waals surface area contributed by atoms with Crippen molar-refractivity contribution in [2.24, 2.45) is 0 Å². The van der Waals surface area contributed by atoms with Crippen LogP contribution in [0.15, 0.2) is 229 Å². The number of hydrogen-bond acceptors (Lipinski definition) is 2. The highest BCUT2D eigenvalue weighted by molar-refractivity contribution is 6.09. The van der Waals surface area contributed by atoms with Gasteiger partial charge >= 0.3 is 0 Å². The largest absolute Gasteiger partial charge is 0.455 e. The molecule has 0 amide bonds. The van der Waals surface area contributed by atoms with Gasteiger partial charge < -0.3 is 9.32 Å². The first kappa shape index (κ1) is 33.6. The average Bonchev–Trinajstić information content (AvgIpc) is 3.69. The first-order valence-corrected chi connectivity index (χ1v) is 19.8. The smallest absolute Gasteiger partial charge is 0.143 e. The van der Waals surface area contributed by atoms with Crippen molar-refractivity contribution in [3.8, 4) is 44.5 Å². The summed E-state index contributed by atoms with van der Waals surface area (Å²) in [4.78, 5) is 2.39. The van der Waals surface area contributed by atoms with Gasteiger partial charge in [-0.05, 0) is 103 Å². The van der Waals surface area contributed by atoms with Crippen LogP contribution in [0.25, 0.3) is 88.0 Å². The molecule has 0 radical (unpaired) electrons. The highest BCUT2D eigenvalue weighted by Crippen LogP contribution is 2.44. The van der Waals surface area contributed by atoms with Gasteiger partial charge in [-0.1, -0.05) is 176 Å². The van der Waals surface area contributed by atoms with Crippen LogP contribution in [0.1, 0.15) is 0 Å². The summed E-state index contributed by atoms with van der Waals surface area (Å²) >= 11 is 0. The van der Waals surface area contributed by atoms with E-state index in [0.717, 1.165) is 50.1 Å². The lowest BCUT2D eigenvalue weighted by molar-refractivity contribution is 0.670. The van der Waals surface area contributed by atoms with Gasteiger partial charge in [0.15, 0.2) is 0 Å². The third-order valence-corrected chi connectivity index (χ3v) is 11.5. The molecule has 0 aliphatic carbocycles. The summed E-state index contributed by atoms with van der Waals surface area (Å²) < 4.78 is 6.44. The fourth-order valence-electron chi connectivity index (χ4n) is 8.60. The van der Waals surface area contributed by atoms with Gasteiger partial charge in [-0.25, -0.2) is 0 Å². The van der Waals surface area contributed by atoms with Crippen molar-refractivity contribution >= 4 is 60.5 Å². The monoisotopic (exact) mass is 739 g/mol. The third-order valence-electron chi connectivity index (χ3n) is 11.5. The Morgan fingerprint density at radius 1 is 0.293 bits per heavy atom. The molecule has 0 N–H and O–H groups in total. The van der Waals surface area contributed by atoms with E-state index >= 15 is 0 Å². The number of benzene rings is 10. The molecule has 1 aromatic heterocycles. The van der Waals surface area contributed by atoms with Crippen LogP contribution in [0.4, 0.5) is 17.1 Å². The second kappa shape index (κ2) is 14.1. The second-order valence-electron chi connectivity index (χ2n) is 14.9. The maximum atomic E-state index is 6.44. The standard InChI is InChI=1S/C56H37NO/c1-2-14-42-37-45(27-26-38(42)12-1)44-17-9-16-43(36-44)39-28-32-46(33-29-39)57(54-24-7-5-19-51(54)50-22-10-15-40-13-3-4-18-48(40)50)47-34-30-41(31-35-47)49-21-11-23-53-52-20-6-8-25-55(52)58-56(49)53/h1-37H. The van der Waals surface area contributed by atoms with Crippen LogP contribution in [0.2, 0.25) is 0 Å². The first-order valence-electron chi connectivity index (χ1n) is 19.8. The zero-order chi connectivity index (χ0) is 38.4. The highest BCUT2D eigenvalue weighted by Gasteiger charge is 2.19. The molecular weight excluding hydrogens is 703 g/mol. The van der Waals surface area contributed by atoms with Gasteiger partial charge in [0.05, 0.1) is 5.69 Å². The van der Waals surface area contributed by atoms with Crippen LogP contribution in [-0.4, -0.2) is 0 Å². The molecule has 1 heterocycles. The summed E-state index contributed by atoms with van der Waals surface area (Å²) in [5.74, 6) is 0. The molecule has 0 unspecified atom stereocenters. The number of nitrogens with zero attached hydrogens (tertiary/aromatic N) is 1. The number of fused-ring (bicyclic) bond motifs is 5. The molecule has 11 aromatic rings. The average molecular weight is 740 g/mol. The Morgan fingerprint density at radius 2 is 0.828 bits per heavy atom. The quantitative estimate of drug-likeness (QED) is 0.162. The molecule has 0 spiro atoms. The second-order valence-corrected chi connectivity index (χ2v) is 14.9. The fourth-order valence-corrected chi connectivity index (χ4v) is 8.60. The van der Waals surface area contributed by atoms with Gasteiger partial charge in [-0.3, -0.25) is 0 Å². The van der Waals surface area contributed by atoms with Gasteiger partial charge in [0.25, 0.3) is 0 Å². The molecular formula is C56H37NO. The van der Waals surface area contributed by atoms with E-state index < -0.39 is 0 Å². The van der Waals surface area contributed by atoms with Gasteiger partial charge in [0.2, 0.25) is 0 Å². The molecule has 272 valence electrons. The number of rotatable bonds is 7. The number of para-hydroxylation sites is 3. The van der Waals surface area contributed by atoms with Crippen LogP contribution in [0.3, 0.4) is 0 Å². The highest BCUT2D eigenvalue weighted by atomic mass is 16.3. The maximum Gasteiger partial charge on any atom is 0.143 e. The lowest BCUT2D eigenvalue weighted by Gasteiger charge is -2.28. The Kier molecular flexibility index (Phi) is 8.19. The Morgan fingerprint density at radius 3 is 1.66 bits per heavy atom. The lowest BCUT2D eigenvalue weighted by Crippen LogP contribution is -2.11. The molecule has 2 nitrogen and oxygen atoms in total. The van der Waals surface area contributed by atoms with E-state index in [1.807, 2.05) is 12.1 Å². The van der Waals surface area contributed by atoms with E-state index in [4.69, 9.17) is 4.42 Å². The van der Waals surface area contributed by atoms with E-state index in [2.05, 4.69) is 217 Å². The Hall–Kier alpha value is -7.68. The Labute approximate surface area is 337 Å². The van der Waals surface area contributed by atoms with Crippen molar-refractivity contribution in [1.82, 2.24) is 0 Å². The van der Waals surface area contributed by atoms with E-state index in [1.54, 1.807) is 0 Å². The SMILES string of the molecule is c1cc(-c2ccc(N(c3ccc(-c4cccc5c4oc4ccccc45)cc3)c3ccccc3-c3cccc4ccccc34)cc2)cc(-c2ccc3ccccc3c2)c1. The summed E-state index contributed by atoms with van der Waals surface area (Å²) in [5, 5.41) is 7.22. The molecule has 0 atom stereocenters. The van der Waals surface area contributed by atoms with Crippen molar-refractivity contribution in [3.05, 3.63) is 224 Å². The van der Waals surface area contributed by atoms with E-state index in [1.165, 1.54) is 54.9 Å². The van der Waals surface area contributed by atoms with Crippen molar-refractivity contribution in [2.75, 3.05) is 4.90 Å². The number of anilines is 3. The predicted octanol–water partition coefficient (Wildman–Crippen LogP) is 16.0. The van der Waals surface area contributed by atoms with Crippen molar-refractivity contribution in [3.63, 3.8) is 0 Å². The van der Waals surface area contributed by atoms with E-state index in [0.29, 0.717) is 0 Å². The van der Waals surface area contributed by atoms with E-state index in [-0.39, 0.29) is 0 Å². The molecule has 58 heavy (non-hydrogen) atoms. The van der Waals surface area contributed by atoms with Crippen LogP contribution in [-0.2, 0) is 0 Å². The Balaban J connectivity index is 1.02. The zero-order valence-electron chi connectivity index (χ0n) is 31.7. The molecule has 0 bridgehead atoms. The summed E-state index contributed by atoms with van der Waals surface area (Å²) in [5.41, 5.74) is 14.4. The molecule has 11 rings (SSSR count). The summed E-state index contributed by atoms with van der Waals surface area (Å²) in [6.45, 7) is 0. The normalized spacial score (nSPS) is 11.4. The zero-order valence-corrected chi connectivity index (χ0v) is 31.7. The topological polar surface area (TPSA) is 16.4 Å². The third kappa shape index (κ3) is 5.91. The molecule has 0 fully saturated rings. The number of hydrogen-bond donors (Lipinski definition) is 0. The van der Waals surface area contributed by atoms with Gasteiger partial charge in [0.1, 0.15) is 11.2 Å². The summed E-state index contributed by atoms with van der Waals surface area (Å²) in [7, 11) is 0. The molecule has 2 heteroatoms. The minimum atomic E-state index is 0.904. The van der Waals surface area contributed by atoms with Crippen molar-refractivity contribution < 1.29 is 4.42 Å². The molecule has 0 saturated carbocycles. The van der Waals surface area contributed by atoms with Crippen molar-refractivity contribution in [2.45, 2.75) is 0 Å². The summed E-state index contributed by atoms with van der Waals surface area (Å²) in [6.07, 6.45) is 0. The van der Waals surface area contributed by atoms with E-state index in [9.17, 15) is 0 Å². The van der Waals surface area contributed by atoms with Crippen LogP contribution in [0, 0.1) is 0 Å². The van der Waals surface area contributed by atoms with Gasteiger partial charge in [-0.15, -0.1) is 0 Å². The van der Waals surface area contributed by atoms with Gasteiger partial charge in [-0.2, -0.15) is 0 Å². The van der Waals surface area contributed by atoms with Crippen LogP contribution < -0.4 is 4.90 Å². The lowest BCUT2D eigenvalue weighted by atomic mass is 9.95.